The van der Waals surface area contributed by atoms with Crippen LogP contribution in [0.3, 0.4) is 0 Å². The second kappa shape index (κ2) is 6.23. The molecule has 0 bridgehead atoms. The molecule has 86 valence electrons. The fourth-order valence-electron chi connectivity index (χ4n) is 1.47. The van der Waals surface area contributed by atoms with Crippen molar-refractivity contribution in [3.8, 4) is 6.07 Å². The van der Waals surface area contributed by atoms with Gasteiger partial charge in [-0.3, -0.25) is 0 Å². The maximum atomic E-state index is 9.79. The Balaban J connectivity index is 2.70. The first-order valence-electron chi connectivity index (χ1n) is 5.15. The van der Waals surface area contributed by atoms with Crippen LogP contribution in [0.5, 0.6) is 0 Å². The van der Waals surface area contributed by atoms with Gasteiger partial charge in [-0.05, 0) is 18.2 Å². The first-order chi connectivity index (χ1) is 7.69. The summed E-state index contributed by atoms with van der Waals surface area (Å²) in [5.74, 6) is 0. The molecule has 0 aliphatic heterocycles. The molecule has 0 heterocycles. The largest absolute Gasteiger partial charge is 0.389 e. The summed E-state index contributed by atoms with van der Waals surface area (Å²) >= 11 is 0. The lowest BCUT2D eigenvalue weighted by molar-refractivity contribution is 0.0202. The zero-order valence-electron chi connectivity index (χ0n) is 9.22. The molecule has 0 aromatic heterocycles. The van der Waals surface area contributed by atoms with Gasteiger partial charge < -0.3 is 15.5 Å². The second-order valence-corrected chi connectivity index (χ2v) is 3.65. The first-order valence-corrected chi connectivity index (χ1v) is 5.15. The van der Waals surface area contributed by atoms with Gasteiger partial charge in [0.25, 0.3) is 0 Å². The molecular formula is C12H16N2O2. The number of nitrogens with zero attached hydrogens (tertiary/aromatic N) is 1. The van der Waals surface area contributed by atoms with Crippen molar-refractivity contribution >= 4 is 0 Å². The van der Waals surface area contributed by atoms with Crippen LogP contribution in [0.15, 0.2) is 24.3 Å². The van der Waals surface area contributed by atoms with E-state index < -0.39 is 12.2 Å². The van der Waals surface area contributed by atoms with Gasteiger partial charge in [0.15, 0.2) is 0 Å². The Morgan fingerprint density at radius 3 is 2.44 bits per heavy atom. The number of aliphatic hydroxyl groups is 2. The zero-order valence-corrected chi connectivity index (χ0v) is 9.22. The van der Waals surface area contributed by atoms with Gasteiger partial charge in [0.2, 0.25) is 0 Å². The Bertz CT molecular complexity index is 356. The molecule has 0 spiro atoms. The highest BCUT2D eigenvalue weighted by Crippen LogP contribution is 2.17. The highest BCUT2D eigenvalue weighted by atomic mass is 16.3. The van der Waals surface area contributed by atoms with Crippen molar-refractivity contribution in [3.05, 3.63) is 35.4 Å². The Labute approximate surface area is 95.2 Å². The molecule has 4 nitrogen and oxygen atoms in total. The number of likely N-dealkylation sites (N-methyl/N-ethyl adjacent to an activating group) is 1. The van der Waals surface area contributed by atoms with E-state index in [0.29, 0.717) is 18.5 Å². The van der Waals surface area contributed by atoms with Gasteiger partial charge in [-0.25, -0.2) is 0 Å². The van der Waals surface area contributed by atoms with Gasteiger partial charge in [-0.15, -0.1) is 0 Å². The van der Waals surface area contributed by atoms with Crippen molar-refractivity contribution < 1.29 is 10.2 Å². The molecule has 4 heteroatoms. The predicted octanol–water partition coefficient (Wildman–Crippen LogP) is 0.366. The Hall–Kier alpha value is -1.41. The van der Waals surface area contributed by atoms with Crippen LogP contribution < -0.4 is 5.32 Å². The van der Waals surface area contributed by atoms with Crippen LogP contribution in [0.4, 0.5) is 0 Å². The average molecular weight is 220 g/mol. The molecule has 0 fully saturated rings. The van der Waals surface area contributed by atoms with Gasteiger partial charge in [-0.1, -0.05) is 24.3 Å². The lowest BCUT2D eigenvalue weighted by Gasteiger charge is -2.17. The van der Waals surface area contributed by atoms with Crippen molar-refractivity contribution in [1.29, 1.82) is 5.26 Å². The van der Waals surface area contributed by atoms with E-state index >= 15 is 0 Å². The minimum absolute atomic E-state index is 0.334. The molecule has 3 N–H and O–H groups in total. The molecule has 1 rings (SSSR count). The van der Waals surface area contributed by atoms with Crippen LogP contribution in [0.1, 0.15) is 17.2 Å². The molecule has 0 saturated carbocycles. The van der Waals surface area contributed by atoms with Crippen LogP contribution >= 0.6 is 0 Å². The molecular weight excluding hydrogens is 204 g/mol. The molecule has 1 aromatic rings. The molecule has 2 atom stereocenters. The quantitative estimate of drug-likeness (QED) is 0.670. The molecule has 0 aliphatic carbocycles. The van der Waals surface area contributed by atoms with E-state index in [1.165, 1.54) is 0 Å². The van der Waals surface area contributed by atoms with Crippen LogP contribution in [-0.4, -0.2) is 29.9 Å². The van der Waals surface area contributed by atoms with Gasteiger partial charge in [0.05, 0.1) is 18.6 Å². The summed E-state index contributed by atoms with van der Waals surface area (Å²) < 4.78 is 0. The van der Waals surface area contributed by atoms with E-state index in [1.807, 2.05) is 0 Å². The van der Waals surface area contributed by atoms with Crippen molar-refractivity contribution in [3.63, 3.8) is 0 Å². The average Bonchev–Trinajstić information content (AvgIpc) is 2.30. The molecule has 16 heavy (non-hydrogen) atoms. The number of nitriles is 1. The number of rotatable bonds is 5. The van der Waals surface area contributed by atoms with Crippen LogP contribution in [0.25, 0.3) is 0 Å². The number of nitrogens with one attached hydrogen (secondary N) is 1. The lowest BCUT2D eigenvalue weighted by atomic mass is 10.0. The third-order valence-corrected chi connectivity index (χ3v) is 2.38. The standard InChI is InChI=1S/C12H16N2O2/c1-14-8-11(15)12(16)10-4-2-9(3-5-10)6-7-13/h2-5,11-12,14-16H,6,8H2,1H3. The number of aliphatic hydroxyl groups excluding tert-OH is 2. The molecule has 0 aliphatic rings. The van der Waals surface area contributed by atoms with E-state index in [2.05, 4.69) is 11.4 Å². The molecule has 0 saturated heterocycles. The summed E-state index contributed by atoms with van der Waals surface area (Å²) in [6.45, 7) is 0.334. The minimum Gasteiger partial charge on any atom is -0.389 e. The van der Waals surface area contributed by atoms with Gasteiger partial charge >= 0.3 is 0 Å². The fraction of sp³-hybridized carbons (Fsp3) is 0.417. The summed E-state index contributed by atoms with van der Waals surface area (Å²) in [5.41, 5.74) is 1.56. The maximum Gasteiger partial charge on any atom is 0.106 e. The summed E-state index contributed by atoms with van der Waals surface area (Å²) in [6.07, 6.45) is -1.37. The third kappa shape index (κ3) is 3.31. The van der Waals surface area contributed by atoms with E-state index in [1.54, 1.807) is 31.3 Å². The molecule has 0 amide bonds. The summed E-state index contributed by atoms with van der Waals surface area (Å²) in [7, 11) is 1.71. The highest BCUT2D eigenvalue weighted by Gasteiger charge is 2.16. The van der Waals surface area contributed by atoms with Crippen LogP contribution in [0.2, 0.25) is 0 Å². The minimum atomic E-state index is -0.899. The predicted molar refractivity (Wildman–Crippen MR) is 60.7 cm³/mol. The van der Waals surface area contributed by atoms with Crippen molar-refractivity contribution in [2.24, 2.45) is 0 Å². The second-order valence-electron chi connectivity index (χ2n) is 3.65. The number of hydrogen-bond acceptors (Lipinski definition) is 4. The van der Waals surface area contributed by atoms with E-state index in [0.717, 1.165) is 5.56 Å². The van der Waals surface area contributed by atoms with E-state index in [4.69, 9.17) is 5.26 Å². The van der Waals surface area contributed by atoms with Gasteiger partial charge in [0, 0.05) is 6.54 Å². The van der Waals surface area contributed by atoms with Crippen LogP contribution in [-0.2, 0) is 6.42 Å². The van der Waals surface area contributed by atoms with Crippen molar-refractivity contribution in [2.75, 3.05) is 13.6 Å². The third-order valence-electron chi connectivity index (χ3n) is 2.38. The summed E-state index contributed by atoms with van der Waals surface area (Å²) in [5, 5.41) is 30.7. The SMILES string of the molecule is CNCC(O)C(O)c1ccc(CC#N)cc1. The topological polar surface area (TPSA) is 76.3 Å². The molecule has 2 unspecified atom stereocenters. The van der Waals surface area contributed by atoms with Crippen molar-refractivity contribution in [1.82, 2.24) is 5.32 Å². The Morgan fingerprint density at radius 2 is 1.94 bits per heavy atom. The molecule has 0 radical (unpaired) electrons. The summed E-state index contributed by atoms with van der Waals surface area (Å²) in [6, 6.07) is 9.09. The van der Waals surface area contributed by atoms with Gasteiger partial charge in [0.1, 0.15) is 6.10 Å². The van der Waals surface area contributed by atoms with Crippen LogP contribution in [0, 0.1) is 11.3 Å². The number of hydrogen-bond donors (Lipinski definition) is 3. The molecule has 1 aromatic carbocycles. The monoisotopic (exact) mass is 220 g/mol. The summed E-state index contributed by atoms with van der Waals surface area (Å²) in [4.78, 5) is 0. The fourth-order valence-corrected chi connectivity index (χ4v) is 1.47. The van der Waals surface area contributed by atoms with E-state index in [-0.39, 0.29) is 0 Å². The smallest absolute Gasteiger partial charge is 0.106 e. The lowest BCUT2D eigenvalue weighted by Crippen LogP contribution is -2.29. The normalized spacial score (nSPS) is 14.1. The zero-order chi connectivity index (χ0) is 12.0. The highest BCUT2D eigenvalue weighted by molar-refractivity contribution is 5.26. The van der Waals surface area contributed by atoms with E-state index in [9.17, 15) is 10.2 Å². The maximum absolute atomic E-state index is 9.79. The first kappa shape index (κ1) is 12.7. The Morgan fingerprint density at radius 1 is 1.31 bits per heavy atom. The Kier molecular flexibility index (Phi) is 4.93. The van der Waals surface area contributed by atoms with Gasteiger partial charge in [-0.2, -0.15) is 5.26 Å². The number of benzene rings is 1. The van der Waals surface area contributed by atoms with Crippen molar-refractivity contribution in [2.45, 2.75) is 18.6 Å².